The first-order valence-electron chi connectivity index (χ1n) is 7.20. The lowest BCUT2D eigenvalue weighted by Gasteiger charge is -2.33. The van der Waals surface area contributed by atoms with Crippen molar-refractivity contribution in [2.75, 3.05) is 0 Å². The average Bonchev–Trinajstić information content (AvgIpc) is 3.23. The standard InChI is InChI=1S/C18H16O3/c1-12(19)20-17-14-9-5-6-10-15(14)21-16-11-18(16,17)13-7-3-2-4-8-13/h2-10,16-17H,11H2,1H3. The fraction of sp³-hybridized carbons (Fsp3) is 0.278. The van der Waals surface area contributed by atoms with E-state index in [-0.39, 0.29) is 23.6 Å². The van der Waals surface area contributed by atoms with E-state index >= 15 is 0 Å². The van der Waals surface area contributed by atoms with Gasteiger partial charge in [-0.25, -0.2) is 0 Å². The minimum atomic E-state index is -0.271. The van der Waals surface area contributed by atoms with Crippen LogP contribution in [-0.2, 0) is 14.9 Å². The van der Waals surface area contributed by atoms with Crippen LogP contribution in [0.5, 0.6) is 5.75 Å². The van der Waals surface area contributed by atoms with Crippen molar-refractivity contribution in [1.82, 2.24) is 0 Å². The molecule has 0 aromatic heterocycles. The van der Waals surface area contributed by atoms with E-state index in [0.29, 0.717) is 0 Å². The van der Waals surface area contributed by atoms with Gasteiger partial charge in [-0.1, -0.05) is 48.5 Å². The van der Waals surface area contributed by atoms with Gasteiger partial charge in [-0.2, -0.15) is 0 Å². The van der Waals surface area contributed by atoms with Crippen LogP contribution in [0.4, 0.5) is 0 Å². The molecule has 1 aliphatic heterocycles. The highest BCUT2D eigenvalue weighted by Gasteiger charge is 2.67. The Morgan fingerprint density at radius 2 is 1.86 bits per heavy atom. The van der Waals surface area contributed by atoms with Gasteiger partial charge in [-0.15, -0.1) is 0 Å². The smallest absolute Gasteiger partial charge is 0.303 e. The Hall–Kier alpha value is -2.29. The predicted molar refractivity (Wildman–Crippen MR) is 78.1 cm³/mol. The van der Waals surface area contributed by atoms with E-state index in [1.54, 1.807) is 0 Å². The number of hydrogen-bond acceptors (Lipinski definition) is 3. The molecule has 1 heterocycles. The van der Waals surface area contributed by atoms with Crippen LogP contribution in [-0.4, -0.2) is 12.1 Å². The van der Waals surface area contributed by atoms with Crippen LogP contribution in [0.1, 0.15) is 30.6 Å². The molecule has 1 saturated carbocycles. The molecular formula is C18H16O3. The molecule has 3 unspecified atom stereocenters. The van der Waals surface area contributed by atoms with E-state index in [9.17, 15) is 4.79 Å². The Balaban J connectivity index is 1.85. The van der Waals surface area contributed by atoms with Gasteiger partial charge >= 0.3 is 5.97 Å². The molecule has 2 aromatic carbocycles. The third-order valence-corrected chi connectivity index (χ3v) is 4.47. The van der Waals surface area contributed by atoms with Gasteiger partial charge in [0.1, 0.15) is 18.0 Å². The number of esters is 1. The van der Waals surface area contributed by atoms with E-state index in [4.69, 9.17) is 9.47 Å². The number of benzene rings is 2. The van der Waals surface area contributed by atoms with Gasteiger partial charge in [0.2, 0.25) is 0 Å². The zero-order chi connectivity index (χ0) is 14.4. The molecule has 106 valence electrons. The van der Waals surface area contributed by atoms with Crippen molar-refractivity contribution in [3.05, 3.63) is 65.7 Å². The number of hydrogen-bond donors (Lipinski definition) is 0. The third-order valence-electron chi connectivity index (χ3n) is 4.47. The molecule has 0 N–H and O–H groups in total. The highest BCUT2D eigenvalue weighted by Crippen LogP contribution is 2.63. The third kappa shape index (κ3) is 1.77. The molecule has 1 aliphatic carbocycles. The van der Waals surface area contributed by atoms with Crippen molar-refractivity contribution in [2.45, 2.75) is 31.0 Å². The van der Waals surface area contributed by atoms with Crippen LogP contribution in [0.2, 0.25) is 0 Å². The Morgan fingerprint density at radius 3 is 2.62 bits per heavy atom. The molecule has 0 bridgehead atoms. The summed E-state index contributed by atoms with van der Waals surface area (Å²) in [6.45, 7) is 1.47. The lowest BCUT2D eigenvalue weighted by molar-refractivity contribution is -0.149. The van der Waals surface area contributed by atoms with Crippen LogP contribution in [0.15, 0.2) is 54.6 Å². The summed E-state index contributed by atoms with van der Waals surface area (Å²) in [4.78, 5) is 11.6. The minimum absolute atomic E-state index is 0.0825. The normalized spacial score (nSPS) is 28.8. The van der Waals surface area contributed by atoms with Crippen LogP contribution in [0.3, 0.4) is 0 Å². The fourth-order valence-corrected chi connectivity index (χ4v) is 3.44. The summed E-state index contributed by atoms with van der Waals surface area (Å²) in [7, 11) is 0. The second-order valence-corrected chi connectivity index (χ2v) is 5.74. The first kappa shape index (κ1) is 12.5. The number of ether oxygens (including phenoxy) is 2. The van der Waals surface area contributed by atoms with Crippen LogP contribution in [0.25, 0.3) is 0 Å². The van der Waals surface area contributed by atoms with E-state index in [1.807, 2.05) is 42.5 Å². The molecule has 3 atom stereocenters. The molecule has 3 heteroatoms. The van der Waals surface area contributed by atoms with Crippen molar-refractivity contribution in [3.63, 3.8) is 0 Å². The molecular weight excluding hydrogens is 264 g/mol. The van der Waals surface area contributed by atoms with Gasteiger partial charge in [0.15, 0.2) is 0 Å². The monoisotopic (exact) mass is 280 g/mol. The average molecular weight is 280 g/mol. The second-order valence-electron chi connectivity index (χ2n) is 5.74. The summed E-state index contributed by atoms with van der Waals surface area (Å²) in [6.07, 6.45) is 0.690. The second kappa shape index (κ2) is 4.35. The van der Waals surface area contributed by atoms with Crippen molar-refractivity contribution in [2.24, 2.45) is 0 Å². The molecule has 21 heavy (non-hydrogen) atoms. The number of rotatable bonds is 2. The predicted octanol–water partition coefficient (Wildman–Crippen LogP) is 3.39. The zero-order valence-electron chi connectivity index (χ0n) is 11.8. The maximum Gasteiger partial charge on any atom is 0.303 e. The first-order chi connectivity index (χ1) is 10.2. The lowest BCUT2D eigenvalue weighted by atomic mass is 9.83. The SMILES string of the molecule is CC(=O)OC1c2ccccc2OC2CC21c1ccccc1. The highest BCUT2D eigenvalue weighted by molar-refractivity contribution is 5.67. The summed E-state index contributed by atoms with van der Waals surface area (Å²) in [5, 5.41) is 0. The van der Waals surface area contributed by atoms with Gasteiger partial charge in [0, 0.05) is 18.9 Å². The quantitative estimate of drug-likeness (QED) is 0.791. The molecule has 0 radical (unpaired) electrons. The van der Waals surface area contributed by atoms with Crippen molar-refractivity contribution < 1.29 is 14.3 Å². The fourth-order valence-electron chi connectivity index (χ4n) is 3.44. The number of carbonyl (C=O) groups excluding carboxylic acids is 1. The van der Waals surface area contributed by atoms with Crippen LogP contribution < -0.4 is 4.74 Å². The van der Waals surface area contributed by atoms with E-state index < -0.39 is 0 Å². The van der Waals surface area contributed by atoms with Gasteiger partial charge in [0.25, 0.3) is 0 Å². The summed E-state index contributed by atoms with van der Waals surface area (Å²) in [5.74, 6) is 0.579. The first-order valence-corrected chi connectivity index (χ1v) is 7.20. The highest BCUT2D eigenvalue weighted by atomic mass is 16.6. The molecule has 0 amide bonds. The van der Waals surface area contributed by atoms with Crippen LogP contribution in [0, 0.1) is 0 Å². The van der Waals surface area contributed by atoms with Gasteiger partial charge in [-0.3, -0.25) is 4.79 Å². The molecule has 2 aliphatic rings. The van der Waals surface area contributed by atoms with Crippen molar-refractivity contribution >= 4 is 5.97 Å². The molecule has 0 spiro atoms. The van der Waals surface area contributed by atoms with Crippen molar-refractivity contribution in [3.8, 4) is 5.75 Å². The topological polar surface area (TPSA) is 35.5 Å². The van der Waals surface area contributed by atoms with Gasteiger partial charge in [-0.05, 0) is 11.6 Å². The molecule has 2 aromatic rings. The lowest BCUT2D eigenvalue weighted by Crippen LogP contribution is -2.32. The Labute approximate surface area is 123 Å². The van der Waals surface area contributed by atoms with Crippen molar-refractivity contribution in [1.29, 1.82) is 0 Å². The largest absolute Gasteiger partial charge is 0.489 e. The summed E-state index contributed by atoms with van der Waals surface area (Å²) >= 11 is 0. The summed E-state index contributed by atoms with van der Waals surface area (Å²) in [6, 6.07) is 18.1. The van der Waals surface area contributed by atoms with Gasteiger partial charge < -0.3 is 9.47 Å². The number of para-hydroxylation sites is 1. The maximum absolute atomic E-state index is 11.6. The molecule has 4 rings (SSSR count). The number of carbonyl (C=O) groups is 1. The van der Waals surface area contributed by atoms with E-state index in [2.05, 4.69) is 12.1 Å². The Bertz CT molecular complexity index is 695. The Kier molecular flexibility index (Phi) is 2.58. The van der Waals surface area contributed by atoms with E-state index in [1.165, 1.54) is 12.5 Å². The summed E-state index contributed by atoms with van der Waals surface area (Å²) in [5.41, 5.74) is 1.91. The molecule has 3 nitrogen and oxygen atoms in total. The maximum atomic E-state index is 11.6. The van der Waals surface area contributed by atoms with E-state index in [0.717, 1.165) is 17.7 Å². The molecule has 1 fully saturated rings. The van der Waals surface area contributed by atoms with Gasteiger partial charge in [0.05, 0.1) is 5.41 Å². The Morgan fingerprint density at radius 1 is 1.14 bits per heavy atom. The number of fused-ring (bicyclic) bond motifs is 2. The zero-order valence-corrected chi connectivity index (χ0v) is 11.8. The van der Waals surface area contributed by atoms with Crippen LogP contribution >= 0.6 is 0 Å². The summed E-state index contributed by atoms with van der Waals surface area (Å²) < 4.78 is 11.8. The molecule has 0 saturated heterocycles. The minimum Gasteiger partial charge on any atom is -0.489 e.